The lowest BCUT2D eigenvalue weighted by Crippen LogP contribution is -2.07. The molecule has 0 unspecified atom stereocenters. The van der Waals surface area contributed by atoms with Crippen LogP contribution in [0.3, 0.4) is 0 Å². The molecule has 100 valence electrons. The number of nitrogens with zero attached hydrogens (tertiary/aromatic N) is 2. The fourth-order valence-corrected chi connectivity index (χ4v) is 2.42. The molecule has 0 bridgehead atoms. The third-order valence-corrected chi connectivity index (χ3v) is 3.59. The molecular weight excluding hydrogens is 264 g/mol. The van der Waals surface area contributed by atoms with Crippen molar-refractivity contribution in [1.29, 1.82) is 0 Å². The van der Waals surface area contributed by atoms with Crippen molar-refractivity contribution < 1.29 is 4.92 Å². The highest BCUT2D eigenvalue weighted by atomic mass is 32.1. The molecule has 6 nitrogen and oxygen atoms in total. The zero-order valence-electron chi connectivity index (χ0n) is 10.4. The maximum absolute atomic E-state index is 10.6. The van der Waals surface area contributed by atoms with Gasteiger partial charge in [-0.25, -0.2) is 4.98 Å². The molecule has 0 saturated carbocycles. The van der Waals surface area contributed by atoms with Gasteiger partial charge in [-0.05, 0) is 13.0 Å². The molecule has 1 heterocycles. The van der Waals surface area contributed by atoms with Crippen molar-refractivity contribution in [2.24, 2.45) is 0 Å². The number of nitro groups is 1. The van der Waals surface area contributed by atoms with E-state index < -0.39 is 4.92 Å². The summed E-state index contributed by atoms with van der Waals surface area (Å²) in [4.78, 5) is 14.5. The SMILES string of the molecule is Cc1csc(CCNc2ccc([N+](=O)[O-])cc2N)n1. The Balaban J connectivity index is 1.94. The summed E-state index contributed by atoms with van der Waals surface area (Å²) in [6.07, 6.45) is 0.801. The number of thiazole rings is 1. The quantitative estimate of drug-likeness (QED) is 0.498. The molecule has 0 aliphatic rings. The second-order valence-corrected chi connectivity index (χ2v) is 5.03. The average molecular weight is 278 g/mol. The summed E-state index contributed by atoms with van der Waals surface area (Å²) in [7, 11) is 0. The minimum Gasteiger partial charge on any atom is -0.397 e. The van der Waals surface area contributed by atoms with E-state index in [1.165, 1.54) is 12.1 Å². The Morgan fingerprint density at radius 1 is 1.53 bits per heavy atom. The fraction of sp³-hybridized carbons (Fsp3) is 0.250. The summed E-state index contributed by atoms with van der Waals surface area (Å²) >= 11 is 1.62. The summed E-state index contributed by atoms with van der Waals surface area (Å²) in [6, 6.07) is 4.42. The first kappa shape index (κ1) is 13.3. The number of nitrogens with two attached hydrogens (primary N) is 1. The van der Waals surface area contributed by atoms with Crippen LogP contribution in [-0.4, -0.2) is 16.5 Å². The van der Waals surface area contributed by atoms with Crippen LogP contribution < -0.4 is 11.1 Å². The maximum Gasteiger partial charge on any atom is 0.271 e. The third-order valence-electron chi connectivity index (χ3n) is 2.57. The van der Waals surface area contributed by atoms with Crippen LogP contribution in [0, 0.1) is 17.0 Å². The molecule has 7 heteroatoms. The lowest BCUT2D eigenvalue weighted by molar-refractivity contribution is -0.384. The average Bonchev–Trinajstić information content (AvgIpc) is 2.77. The molecule has 0 aliphatic heterocycles. The molecule has 0 saturated heterocycles. The summed E-state index contributed by atoms with van der Waals surface area (Å²) in [6.45, 7) is 2.65. The molecule has 0 radical (unpaired) electrons. The fourth-order valence-electron chi connectivity index (χ4n) is 1.65. The first-order valence-corrected chi connectivity index (χ1v) is 6.63. The number of nitrogens with one attached hydrogen (secondary N) is 1. The lowest BCUT2D eigenvalue weighted by Gasteiger charge is -2.07. The molecule has 0 fully saturated rings. The van der Waals surface area contributed by atoms with Crippen LogP contribution in [-0.2, 0) is 6.42 Å². The van der Waals surface area contributed by atoms with E-state index in [1.54, 1.807) is 17.4 Å². The summed E-state index contributed by atoms with van der Waals surface area (Å²) in [5.74, 6) is 0. The molecule has 1 aromatic heterocycles. The zero-order valence-corrected chi connectivity index (χ0v) is 11.2. The second-order valence-electron chi connectivity index (χ2n) is 4.09. The van der Waals surface area contributed by atoms with Crippen molar-refractivity contribution >= 4 is 28.4 Å². The molecule has 1 aromatic carbocycles. The standard InChI is InChI=1S/C12H14N4O2S/c1-8-7-19-12(15-8)4-5-14-11-3-2-9(16(17)18)6-10(11)13/h2-3,6-7,14H,4-5,13H2,1H3. The molecular formula is C12H14N4O2S. The number of nitrogen functional groups attached to an aromatic ring is 1. The highest BCUT2D eigenvalue weighted by Gasteiger charge is 2.08. The number of aromatic nitrogens is 1. The van der Waals surface area contributed by atoms with Crippen molar-refractivity contribution in [3.63, 3.8) is 0 Å². The largest absolute Gasteiger partial charge is 0.397 e. The molecule has 0 spiro atoms. The van der Waals surface area contributed by atoms with Crippen LogP contribution in [0.15, 0.2) is 23.6 Å². The number of rotatable bonds is 5. The van der Waals surface area contributed by atoms with Crippen LogP contribution in [0.2, 0.25) is 0 Å². The van der Waals surface area contributed by atoms with Crippen molar-refractivity contribution in [3.8, 4) is 0 Å². The Morgan fingerprint density at radius 3 is 2.89 bits per heavy atom. The third kappa shape index (κ3) is 3.41. The van der Waals surface area contributed by atoms with E-state index in [9.17, 15) is 10.1 Å². The van der Waals surface area contributed by atoms with Gasteiger partial charge in [-0.15, -0.1) is 11.3 Å². The van der Waals surface area contributed by atoms with Gasteiger partial charge in [0.25, 0.3) is 5.69 Å². The maximum atomic E-state index is 10.6. The van der Waals surface area contributed by atoms with Gasteiger partial charge in [-0.1, -0.05) is 0 Å². The highest BCUT2D eigenvalue weighted by Crippen LogP contribution is 2.24. The molecule has 2 rings (SSSR count). The van der Waals surface area contributed by atoms with Crippen LogP contribution in [0.4, 0.5) is 17.1 Å². The van der Waals surface area contributed by atoms with Crippen molar-refractivity contribution in [1.82, 2.24) is 4.98 Å². The smallest absolute Gasteiger partial charge is 0.271 e. The van der Waals surface area contributed by atoms with E-state index in [2.05, 4.69) is 10.3 Å². The Labute approximate surface area is 114 Å². The lowest BCUT2D eigenvalue weighted by atomic mass is 10.2. The monoisotopic (exact) mass is 278 g/mol. The number of hydrogen-bond donors (Lipinski definition) is 2. The molecule has 0 amide bonds. The van der Waals surface area contributed by atoms with E-state index in [0.29, 0.717) is 17.9 Å². The van der Waals surface area contributed by atoms with E-state index >= 15 is 0 Å². The van der Waals surface area contributed by atoms with Crippen LogP contribution >= 0.6 is 11.3 Å². The van der Waals surface area contributed by atoms with Crippen LogP contribution in [0.5, 0.6) is 0 Å². The minimum atomic E-state index is -0.460. The van der Waals surface area contributed by atoms with Crippen LogP contribution in [0.25, 0.3) is 0 Å². The predicted octanol–water partition coefficient (Wildman–Crippen LogP) is 2.60. The van der Waals surface area contributed by atoms with Gasteiger partial charge in [0.15, 0.2) is 0 Å². The van der Waals surface area contributed by atoms with Gasteiger partial charge in [0, 0.05) is 36.2 Å². The minimum absolute atomic E-state index is 0.00130. The normalized spacial score (nSPS) is 10.4. The van der Waals surface area contributed by atoms with Crippen LogP contribution in [0.1, 0.15) is 10.7 Å². The van der Waals surface area contributed by atoms with E-state index in [0.717, 1.165) is 17.1 Å². The zero-order chi connectivity index (χ0) is 13.8. The topological polar surface area (TPSA) is 94.1 Å². The molecule has 0 atom stereocenters. The number of anilines is 2. The van der Waals surface area contributed by atoms with Gasteiger partial charge in [-0.3, -0.25) is 10.1 Å². The molecule has 0 aliphatic carbocycles. The second kappa shape index (κ2) is 5.66. The van der Waals surface area contributed by atoms with Crippen molar-refractivity contribution in [2.45, 2.75) is 13.3 Å². The summed E-state index contributed by atoms with van der Waals surface area (Å²) < 4.78 is 0. The predicted molar refractivity (Wildman–Crippen MR) is 76.6 cm³/mol. The first-order valence-electron chi connectivity index (χ1n) is 5.75. The molecule has 2 aromatic rings. The van der Waals surface area contributed by atoms with Gasteiger partial charge < -0.3 is 11.1 Å². The van der Waals surface area contributed by atoms with Crippen molar-refractivity contribution in [3.05, 3.63) is 44.4 Å². The number of hydrogen-bond acceptors (Lipinski definition) is 6. The summed E-state index contributed by atoms with van der Waals surface area (Å²) in [5.41, 5.74) is 7.87. The van der Waals surface area contributed by atoms with Gasteiger partial charge in [0.1, 0.15) is 0 Å². The van der Waals surface area contributed by atoms with Gasteiger partial charge >= 0.3 is 0 Å². The van der Waals surface area contributed by atoms with Crippen molar-refractivity contribution in [2.75, 3.05) is 17.6 Å². The van der Waals surface area contributed by atoms with E-state index in [4.69, 9.17) is 5.73 Å². The molecule has 19 heavy (non-hydrogen) atoms. The van der Waals surface area contributed by atoms with E-state index in [1.807, 2.05) is 12.3 Å². The first-order chi connectivity index (χ1) is 9.06. The number of aryl methyl sites for hydroxylation is 1. The van der Waals surface area contributed by atoms with Gasteiger partial charge in [-0.2, -0.15) is 0 Å². The Bertz CT molecular complexity index is 597. The number of non-ortho nitro benzene ring substituents is 1. The molecule has 3 N–H and O–H groups in total. The van der Waals surface area contributed by atoms with E-state index in [-0.39, 0.29) is 5.69 Å². The number of nitro benzene ring substituents is 1. The summed E-state index contributed by atoms with van der Waals surface area (Å²) in [5, 5.41) is 16.8. The number of benzene rings is 1. The Hall–Kier alpha value is -2.15. The van der Waals surface area contributed by atoms with Gasteiger partial charge in [0.2, 0.25) is 0 Å². The van der Waals surface area contributed by atoms with Gasteiger partial charge in [0.05, 0.1) is 21.3 Å². The Morgan fingerprint density at radius 2 is 2.32 bits per heavy atom. The Kier molecular flexibility index (Phi) is 3.96. The highest BCUT2D eigenvalue weighted by molar-refractivity contribution is 7.09.